The highest BCUT2D eigenvalue weighted by molar-refractivity contribution is 8.00. The second-order valence-electron chi connectivity index (χ2n) is 16.7. The second kappa shape index (κ2) is 19.4. The largest absolute Gasteiger partial charge is 0.349 e. The van der Waals surface area contributed by atoms with Gasteiger partial charge in [0, 0.05) is 16.9 Å². The summed E-state index contributed by atoms with van der Waals surface area (Å²) in [5.74, 6) is -3.49. The quantitative estimate of drug-likeness (QED) is 0.212. The normalized spacial score (nSPS) is 28.2. The summed E-state index contributed by atoms with van der Waals surface area (Å²) in [6.07, 6.45) is 0.405. The molecule has 304 valence electrons. The van der Waals surface area contributed by atoms with Crippen molar-refractivity contribution < 1.29 is 28.8 Å². The predicted molar refractivity (Wildman–Crippen MR) is 219 cm³/mol. The molecule has 2 fully saturated rings. The first-order chi connectivity index (χ1) is 25.9. The highest BCUT2D eigenvalue weighted by Gasteiger charge is 2.41. The lowest BCUT2D eigenvalue weighted by atomic mass is 9.97. The van der Waals surface area contributed by atoms with Gasteiger partial charge in [-0.2, -0.15) is 0 Å². The molecule has 1 unspecified atom stereocenters. The average Bonchev–Trinajstić information content (AvgIpc) is 3.76. The van der Waals surface area contributed by atoms with E-state index in [9.17, 15) is 28.8 Å². The van der Waals surface area contributed by atoms with Crippen LogP contribution in [-0.4, -0.2) is 88.9 Å². The van der Waals surface area contributed by atoms with Crippen molar-refractivity contribution in [2.24, 2.45) is 29.6 Å². The van der Waals surface area contributed by atoms with Crippen LogP contribution in [0.5, 0.6) is 0 Å². The molecule has 4 rings (SSSR count). The number of hydrogen-bond acceptors (Lipinski definition) is 9. The first kappa shape index (κ1) is 44.0. The summed E-state index contributed by atoms with van der Waals surface area (Å²) >= 11 is 3.04. The minimum Gasteiger partial charge on any atom is -0.349 e. The Morgan fingerprint density at radius 2 is 1.11 bits per heavy atom. The van der Waals surface area contributed by atoms with Crippen LogP contribution in [0, 0.1) is 29.6 Å². The van der Waals surface area contributed by atoms with Crippen molar-refractivity contribution in [3.05, 3.63) is 35.2 Å². The van der Waals surface area contributed by atoms with Gasteiger partial charge in [-0.15, -0.1) is 23.1 Å². The Morgan fingerprint density at radius 1 is 0.600 bits per heavy atom. The number of nitrogens with one attached hydrogen (secondary N) is 7. The Balaban J connectivity index is 1.76. The Morgan fingerprint density at radius 3 is 1.69 bits per heavy atom. The van der Waals surface area contributed by atoms with Gasteiger partial charge in [0.15, 0.2) is 0 Å². The van der Waals surface area contributed by atoms with Gasteiger partial charge in [0.2, 0.25) is 35.4 Å². The molecule has 1 aromatic carbocycles. The Kier molecular flexibility index (Phi) is 15.6. The SMILES string of the molecule is CC(C)C[C@H]1NC(=O)[C@H](Cc2csc3ccccc23)NC(=O)[C@@H](C(C)C)NC(=O)[C@@H]2CSC(N2)[C@H](C(C)C)NC(=O)[C@@H](C(C)C)NC(=O)[C@H](C(C)C)NC1=O. The highest BCUT2D eigenvalue weighted by Crippen LogP contribution is 2.28. The third-order valence-electron chi connectivity index (χ3n) is 10.2. The maximum absolute atomic E-state index is 14.3. The second-order valence-corrected chi connectivity index (χ2v) is 18.7. The molecule has 2 aliphatic heterocycles. The fraction of sp³-hybridized carbons (Fsp3) is 0.650. The van der Waals surface area contributed by atoms with Gasteiger partial charge in [-0.3, -0.25) is 34.1 Å². The molecule has 2 bridgehead atoms. The molecule has 8 atom stereocenters. The molecule has 0 spiro atoms. The van der Waals surface area contributed by atoms with E-state index in [0.29, 0.717) is 5.75 Å². The zero-order valence-electron chi connectivity index (χ0n) is 33.8. The van der Waals surface area contributed by atoms with Crippen molar-refractivity contribution >= 4 is 68.6 Å². The lowest BCUT2D eigenvalue weighted by molar-refractivity contribution is -0.136. The van der Waals surface area contributed by atoms with Crippen LogP contribution in [-0.2, 0) is 35.2 Å². The summed E-state index contributed by atoms with van der Waals surface area (Å²) in [5, 5.41) is 23.6. The molecule has 3 heterocycles. The molecule has 0 radical (unpaired) electrons. The average molecular weight is 800 g/mol. The number of rotatable bonds is 8. The minimum absolute atomic E-state index is 0.0173. The van der Waals surface area contributed by atoms with Crippen LogP contribution in [0.1, 0.15) is 81.2 Å². The molecule has 7 N–H and O–H groups in total. The van der Waals surface area contributed by atoms with E-state index in [1.807, 2.05) is 85.0 Å². The van der Waals surface area contributed by atoms with Crippen molar-refractivity contribution in [3.8, 4) is 0 Å². The lowest BCUT2D eigenvalue weighted by Crippen LogP contribution is -2.61. The predicted octanol–water partition coefficient (Wildman–Crippen LogP) is 3.07. The maximum atomic E-state index is 14.3. The number of carbonyl (C=O) groups is 6. The first-order valence-corrected chi connectivity index (χ1v) is 21.5. The molecule has 0 aliphatic carbocycles. The van der Waals surface area contributed by atoms with Crippen LogP contribution in [0.25, 0.3) is 10.1 Å². The van der Waals surface area contributed by atoms with E-state index in [1.165, 1.54) is 23.1 Å². The summed E-state index contributed by atoms with van der Waals surface area (Å²) in [7, 11) is 0. The summed E-state index contributed by atoms with van der Waals surface area (Å²) in [4.78, 5) is 84.0. The van der Waals surface area contributed by atoms with Gasteiger partial charge in [0.25, 0.3) is 0 Å². The van der Waals surface area contributed by atoms with Gasteiger partial charge in [-0.25, -0.2) is 0 Å². The summed E-state index contributed by atoms with van der Waals surface area (Å²) in [6, 6.07) is 1.77. The summed E-state index contributed by atoms with van der Waals surface area (Å²) < 4.78 is 1.03. The monoisotopic (exact) mass is 799 g/mol. The van der Waals surface area contributed by atoms with Crippen LogP contribution in [0.3, 0.4) is 0 Å². The fourth-order valence-corrected chi connectivity index (χ4v) is 9.38. The zero-order valence-corrected chi connectivity index (χ0v) is 35.4. The van der Waals surface area contributed by atoms with E-state index in [0.717, 1.165) is 15.6 Å². The molecule has 2 aliphatic rings. The molecular weight excluding hydrogens is 739 g/mol. The molecule has 2 aromatic rings. The number of thiophene rings is 1. The molecule has 55 heavy (non-hydrogen) atoms. The molecule has 15 heteroatoms. The van der Waals surface area contributed by atoms with E-state index in [1.54, 1.807) is 13.8 Å². The van der Waals surface area contributed by atoms with Crippen LogP contribution >= 0.6 is 23.1 Å². The van der Waals surface area contributed by atoms with Gasteiger partial charge in [-0.05, 0) is 58.4 Å². The molecule has 2 saturated heterocycles. The lowest BCUT2D eigenvalue weighted by Gasteiger charge is -2.32. The van der Waals surface area contributed by atoms with E-state index in [2.05, 4.69) is 37.2 Å². The minimum atomic E-state index is -1.09. The Labute approximate surface area is 333 Å². The van der Waals surface area contributed by atoms with Crippen LogP contribution in [0.4, 0.5) is 0 Å². The zero-order chi connectivity index (χ0) is 40.7. The molecule has 13 nitrogen and oxygen atoms in total. The van der Waals surface area contributed by atoms with Crippen LogP contribution in [0.2, 0.25) is 0 Å². The topological polar surface area (TPSA) is 187 Å². The molecule has 6 amide bonds. The standard InChI is InChI=1S/C40H61N7O6S2/c1-19(2)15-26-35(49)44-31(21(5)6)38(52)46-32(22(7)8)39(53)47-33(23(9)10)40-43-28(18-55-40)36(50)45-30(20(3)4)37(51)42-27(34(48)41-26)16-24-17-54-29-14-12-11-13-25(24)29/h11-14,17,19-23,26-28,30-33,40,43H,15-16,18H2,1-10H3,(H,41,48)(H,42,51)(H,44,49)(H,45,50)(H,46,52)(H,47,53)/t26-,27+,28+,30-,31+,32-,33+,40?/m1/s1. The Bertz CT molecular complexity index is 1690. The van der Waals surface area contributed by atoms with Crippen LogP contribution < -0.4 is 37.2 Å². The van der Waals surface area contributed by atoms with Gasteiger partial charge in [-0.1, -0.05) is 87.4 Å². The third-order valence-corrected chi connectivity index (χ3v) is 12.5. The number of carbonyl (C=O) groups excluding carboxylic acids is 6. The van der Waals surface area contributed by atoms with Crippen molar-refractivity contribution in [3.63, 3.8) is 0 Å². The van der Waals surface area contributed by atoms with E-state index >= 15 is 0 Å². The van der Waals surface area contributed by atoms with Gasteiger partial charge in [0.1, 0.15) is 30.2 Å². The molecule has 0 saturated carbocycles. The third kappa shape index (κ3) is 11.4. The molecular formula is C40H61N7O6S2. The number of fused-ring (bicyclic) bond motifs is 3. The maximum Gasteiger partial charge on any atom is 0.243 e. The Hall–Kier alpha value is -3.69. The number of amides is 6. The van der Waals surface area contributed by atoms with Crippen molar-refractivity contribution in [2.45, 2.75) is 130 Å². The van der Waals surface area contributed by atoms with Crippen molar-refractivity contribution in [2.75, 3.05) is 5.75 Å². The van der Waals surface area contributed by atoms with Gasteiger partial charge in [0.05, 0.1) is 17.5 Å². The van der Waals surface area contributed by atoms with E-state index < -0.39 is 65.9 Å². The number of benzene rings is 1. The van der Waals surface area contributed by atoms with Crippen LogP contribution in [0.15, 0.2) is 29.6 Å². The number of hydrogen-bond donors (Lipinski definition) is 7. The van der Waals surface area contributed by atoms with Gasteiger partial charge >= 0.3 is 0 Å². The van der Waals surface area contributed by atoms with E-state index in [4.69, 9.17) is 0 Å². The fourth-order valence-electron chi connectivity index (χ4n) is 6.91. The summed E-state index contributed by atoms with van der Waals surface area (Å²) in [6.45, 7) is 18.7. The van der Waals surface area contributed by atoms with Crippen molar-refractivity contribution in [1.29, 1.82) is 0 Å². The number of thioether (sulfide) groups is 1. The highest BCUT2D eigenvalue weighted by atomic mass is 32.2. The smallest absolute Gasteiger partial charge is 0.243 e. The van der Waals surface area contributed by atoms with Gasteiger partial charge < -0.3 is 31.9 Å². The van der Waals surface area contributed by atoms with E-state index in [-0.39, 0.29) is 59.6 Å². The summed E-state index contributed by atoms with van der Waals surface area (Å²) in [5.41, 5.74) is 0.860. The first-order valence-electron chi connectivity index (χ1n) is 19.5. The molecule has 1 aromatic heterocycles. The van der Waals surface area contributed by atoms with Crippen molar-refractivity contribution in [1.82, 2.24) is 37.2 Å².